The average molecular weight is 481 g/mol. The fourth-order valence-corrected chi connectivity index (χ4v) is 6.22. The second kappa shape index (κ2) is 8.88. The van der Waals surface area contributed by atoms with Crippen molar-refractivity contribution in [1.82, 2.24) is 13.9 Å². The van der Waals surface area contributed by atoms with E-state index in [-0.39, 0.29) is 5.63 Å². The second-order valence-corrected chi connectivity index (χ2v) is 10.6. The van der Waals surface area contributed by atoms with Crippen molar-refractivity contribution in [1.29, 1.82) is 0 Å². The van der Waals surface area contributed by atoms with Crippen LogP contribution in [-0.4, -0.2) is 35.4 Å². The Hall–Kier alpha value is -3.17. The molecule has 8 nitrogen and oxygen atoms in total. The van der Waals surface area contributed by atoms with Crippen molar-refractivity contribution < 1.29 is 12.8 Å². The third kappa shape index (κ3) is 4.10. The summed E-state index contributed by atoms with van der Waals surface area (Å²) in [6.07, 6.45) is 2.88. The summed E-state index contributed by atoms with van der Waals surface area (Å²) in [5, 5.41) is 4.25. The molecule has 1 aliphatic heterocycles. The maximum Gasteiger partial charge on any atom is 0.336 e. The van der Waals surface area contributed by atoms with Crippen molar-refractivity contribution >= 4 is 37.7 Å². The molecule has 0 radical (unpaired) electrons. The Morgan fingerprint density at radius 1 is 1.06 bits per heavy atom. The van der Waals surface area contributed by atoms with E-state index >= 15 is 0 Å². The number of nitrogens with zero attached hydrogens (tertiary/aromatic N) is 3. The highest BCUT2D eigenvalue weighted by Gasteiger charge is 2.26. The van der Waals surface area contributed by atoms with Gasteiger partial charge in [0.15, 0.2) is 0 Å². The molecule has 0 unspecified atom stereocenters. The molecule has 178 valence electrons. The number of nitrogens with one attached hydrogen (secondary N) is 1. The largest absolute Gasteiger partial charge is 0.423 e. The summed E-state index contributed by atoms with van der Waals surface area (Å²) in [5.74, 6) is 0.802. The van der Waals surface area contributed by atoms with Gasteiger partial charge in [-0.2, -0.15) is 4.31 Å². The van der Waals surface area contributed by atoms with Crippen LogP contribution in [0.1, 0.15) is 37.6 Å². The van der Waals surface area contributed by atoms with E-state index in [4.69, 9.17) is 9.40 Å². The topological polar surface area (TPSA) is 97.4 Å². The maximum atomic E-state index is 13.1. The lowest BCUT2D eigenvalue weighted by molar-refractivity contribution is 0.346. The van der Waals surface area contributed by atoms with E-state index in [0.29, 0.717) is 42.2 Å². The fourth-order valence-electron chi connectivity index (χ4n) is 4.68. The number of imidazole rings is 1. The van der Waals surface area contributed by atoms with E-state index in [1.54, 1.807) is 16.4 Å². The third-order valence-corrected chi connectivity index (χ3v) is 8.36. The molecule has 0 atom stereocenters. The fraction of sp³-hybridized carbons (Fsp3) is 0.360. The van der Waals surface area contributed by atoms with Crippen LogP contribution >= 0.6 is 0 Å². The van der Waals surface area contributed by atoms with Crippen molar-refractivity contribution in [2.75, 3.05) is 18.4 Å². The zero-order valence-corrected chi connectivity index (χ0v) is 20.2. The Bertz CT molecular complexity index is 1530. The molecule has 0 saturated carbocycles. The monoisotopic (exact) mass is 480 g/mol. The molecule has 0 bridgehead atoms. The zero-order chi connectivity index (χ0) is 23.9. The molecular formula is C25H28N4O4S. The van der Waals surface area contributed by atoms with Crippen LogP contribution in [0, 0.1) is 6.92 Å². The van der Waals surface area contributed by atoms with E-state index in [9.17, 15) is 13.2 Å². The van der Waals surface area contributed by atoms with Crippen LogP contribution in [-0.2, 0) is 23.1 Å². The highest BCUT2D eigenvalue weighted by molar-refractivity contribution is 7.89. The number of aromatic nitrogens is 2. The van der Waals surface area contributed by atoms with Crippen LogP contribution in [0.5, 0.6) is 0 Å². The van der Waals surface area contributed by atoms with E-state index in [2.05, 4.69) is 9.88 Å². The minimum atomic E-state index is -3.51. The predicted octanol–water partition coefficient (Wildman–Crippen LogP) is 4.26. The van der Waals surface area contributed by atoms with Gasteiger partial charge in [0.2, 0.25) is 10.0 Å². The van der Waals surface area contributed by atoms with Gasteiger partial charge in [-0.1, -0.05) is 6.42 Å². The summed E-state index contributed by atoms with van der Waals surface area (Å²) < 4.78 is 35.2. The van der Waals surface area contributed by atoms with Gasteiger partial charge in [0.05, 0.1) is 22.5 Å². The number of sulfonamides is 1. The quantitative estimate of drug-likeness (QED) is 0.414. The first-order valence-electron chi connectivity index (χ1n) is 11.6. The molecule has 2 aromatic carbocycles. The van der Waals surface area contributed by atoms with Gasteiger partial charge in [-0.15, -0.1) is 0 Å². The molecule has 4 aromatic rings. The summed E-state index contributed by atoms with van der Waals surface area (Å²) in [7, 11) is -3.51. The number of anilines is 1. The summed E-state index contributed by atoms with van der Waals surface area (Å²) in [6, 6.07) is 12.4. The normalized spacial score (nSPS) is 15.2. The van der Waals surface area contributed by atoms with Crippen molar-refractivity contribution in [3.8, 4) is 0 Å². The Morgan fingerprint density at radius 2 is 1.85 bits per heavy atom. The van der Waals surface area contributed by atoms with Crippen LogP contribution < -0.4 is 10.9 Å². The highest BCUT2D eigenvalue weighted by atomic mass is 32.2. The Morgan fingerprint density at radius 3 is 2.62 bits per heavy atom. The molecule has 0 spiro atoms. The van der Waals surface area contributed by atoms with Gasteiger partial charge in [-0.25, -0.2) is 18.2 Å². The van der Waals surface area contributed by atoms with Gasteiger partial charge < -0.3 is 14.3 Å². The highest BCUT2D eigenvalue weighted by Crippen LogP contribution is 2.26. The minimum absolute atomic E-state index is 0.294. The van der Waals surface area contributed by atoms with Gasteiger partial charge in [-0.05, 0) is 62.6 Å². The van der Waals surface area contributed by atoms with Gasteiger partial charge in [0.1, 0.15) is 11.4 Å². The lowest BCUT2D eigenvalue weighted by Gasteiger charge is -2.25. The average Bonchev–Trinajstić information content (AvgIpc) is 3.19. The lowest BCUT2D eigenvalue weighted by atomic mass is 10.1. The third-order valence-electron chi connectivity index (χ3n) is 6.47. The molecule has 0 amide bonds. The lowest BCUT2D eigenvalue weighted by Crippen LogP contribution is -2.35. The molecule has 9 heteroatoms. The van der Waals surface area contributed by atoms with Crippen LogP contribution in [0.25, 0.3) is 22.0 Å². The first kappa shape index (κ1) is 22.6. The minimum Gasteiger partial charge on any atom is -0.423 e. The molecule has 1 saturated heterocycles. The number of benzene rings is 2. The number of hydrogen-bond donors (Lipinski definition) is 1. The number of fused-ring (bicyclic) bond motifs is 2. The SMILES string of the molecule is CCn1c(CNc2ccc3c(C)cc(=O)oc3c2)nc2cc(S(=O)(=O)N3CCCCC3)ccc21. The Balaban J connectivity index is 1.43. The zero-order valence-electron chi connectivity index (χ0n) is 19.4. The van der Waals surface area contributed by atoms with Crippen molar-refractivity contribution in [2.24, 2.45) is 0 Å². The number of rotatable bonds is 6. The number of hydrogen-bond acceptors (Lipinski definition) is 6. The molecule has 3 heterocycles. The molecule has 0 aliphatic carbocycles. The van der Waals surface area contributed by atoms with E-state index in [1.165, 1.54) is 6.07 Å². The van der Waals surface area contributed by atoms with E-state index in [1.807, 2.05) is 38.1 Å². The second-order valence-electron chi connectivity index (χ2n) is 8.70. The number of aryl methyl sites for hydroxylation is 2. The smallest absolute Gasteiger partial charge is 0.336 e. The number of piperidine rings is 1. The maximum absolute atomic E-state index is 13.1. The summed E-state index contributed by atoms with van der Waals surface area (Å²) >= 11 is 0. The van der Waals surface area contributed by atoms with Gasteiger partial charge in [-0.3, -0.25) is 0 Å². The molecule has 34 heavy (non-hydrogen) atoms. The first-order chi connectivity index (χ1) is 16.4. The Kier molecular flexibility index (Phi) is 5.91. The summed E-state index contributed by atoms with van der Waals surface area (Å²) in [6.45, 7) is 6.22. The molecule has 2 aromatic heterocycles. The van der Waals surface area contributed by atoms with Crippen LogP contribution in [0.15, 0.2) is 56.6 Å². The van der Waals surface area contributed by atoms with Crippen LogP contribution in [0.2, 0.25) is 0 Å². The van der Waals surface area contributed by atoms with Crippen LogP contribution in [0.3, 0.4) is 0 Å². The van der Waals surface area contributed by atoms with Crippen molar-refractivity contribution in [3.05, 3.63) is 64.3 Å². The summed E-state index contributed by atoms with van der Waals surface area (Å²) in [5.41, 5.74) is 3.41. The predicted molar refractivity (Wildman–Crippen MR) is 133 cm³/mol. The van der Waals surface area contributed by atoms with Gasteiger partial charge >= 0.3 is 5.63 Å². The molecule has 1 aliphatic rings. The Labute approximate surface area is 198 Å². The van der Waals surface area contributed by atoms with E-state index < -0.39 is 10.0 Å². The standard InChI is InChI=1S/C25H28N4O4S/c1-3-29-22-10-8-19(34(31,32)28-11-5-4-6-12-28)15-21(22)27-24(29)16-26-18-7-9-20-17(2)13-25(30)33-23(20)14-18/h7-10,13-15,26H,3-6,11-12,16H2,1-2H3. The van der Waals surface area contributed by atoms with Crippen molar-refractivity contribution in [2.45, 2.75) is 51.1 Å². The van der Waals surface area contributed by atoms with Crippen LogP contribution in [0.4, 0.5) is 5.69 Å². The molecular weight excluding hydrogens is 452 g/mol. The van der Waals surface area contributed by atoms with Gasteiger partial charge in [0.25, 0.3) is 0 Å². The molecule has 1 N–H and O–H groups in total. The molecule has 5 rings (SSSR count). The van der Waals surface area contributed by atoms with E-state index in [0.717, 1.165) is 47.2 Å². The molecule has 1 fully saturated rings. The summed E-state index contributed by atoms with van der Waals surface area (Å²) in [4.78, 5) is 16.8. The van der Waals surface area contributed by atoms with Crippen molar-refractivity contribution in [3.63, 3.8) is 0 Å². The first-order valence-corrected chi connectivity index (χ1v) is 13.1. The van der Waals surface area contributed by atoms with Gasteiger partial charge in [0, 0.05) is 42.8 Å².